The summed E-state index contributed by atoms with van der Waals surface area (Å²) < 4.78 is 0. The first-order valence-corrected chi connectivity index (χ1v) is 10.1. The van der Waals surface area contributed by atoms with Crippen LogP contribution in [-0.2, 0) is 33.9 Å². The average Bonchev–Trinajstić information content (AvgIpc) is 2.76. The molecule has 0 spiro atoms. The number of hydrogen-bond acceptors (Lipinski definition) is 6. The number of carbonyl (C=O) groups excluding carboxylic acids is 2. The third-order valence-corrected chi connectivity index (χ3v) is 4.75. The van der Waals surface area contributed by atoms with Gasteiger partial charge in [-0.2, -0.15) is 0 Å². The third kappa shape index (κ3) is 8.71. The number of benzene rings is 1. The van der Waals surface area contributed by atoms with Gasteiger partial charge in [0.25, 0.3) is 0 Å². The Morgan fingerprint density at radius 3 is 2.58 bits per heavy atom. The number of nitrogens with zero attached hydrogens (tertiary/aromatic N) is 1. The number of aromatic nitrogens is 1. The Kier molecular flexibility index (Phi) is 9.89. The van der Waals surface area contributed by atoms with Crippen LogP contribution in [-0.4, -0.2) is 47.0 Å². The van der Waals surface area contributed by atoms with Gasteiger partial charge in [0.15, 0.2) is 0 Å². The fourth-order valence-electron chi connectivity index (χ4n) is 2.88. The minimum Gasteiger partial charge on any atom is -0.480 e. The lowest BCUT2D eigenvalue weighted by Crippen LogP contribution is -2.48. The van der Waals surface area contributed by atoms with Crippen LogP contribution in [0.5, 0.6) is 0 Å². The number of halogens is 1. The maximum atomic E-state index is 12.5. The normalized spacial score (nSPS) is 11.5. The minimum atomic E-state index is -1.08. The van der Waals surface area contributed by atoms with E-state index in [2.05, 4.69) is 20.9 Å². The molecule has 9 nitrogen and oxygen atoms in total. The molecule has 0 radical (unpaired) electrons. The lowest BCUT2D eigenvalue weighted by atomic mass is 10.1. The number of aliphatic carboxylic acids is 1. The molecule has 0 saturated carbocycles. The lowest BCUT2D eigenvalue weighted by Gasteiger charge is -2.17. The number of nitrogens with two attached hydrogens (primary N) is 1. The molecule has 2 amide bonds. The van der Waals surface area contributed by atoms with Crippen molar-refractivity contribution in [3.63, 3.8) is 0 Å². The summed E-state index contributed by atoms with van der Waals surface area (Å²) in [5.74, 6) is -1.93. The van der Waals surface area contributed by atoms with Crippen LogP contribution in [0.15, 0.2) is 42.6 Å². The van der Waals surface area contributed by atoms with Crippen molar-refractivity contribution in [2.45, 2.75) is 32.0 Å². The number of carboxylic acid groups (broad SMARTS) is 1. The fraction of sp³-hybridized carbons (Fsp3) is 0.333. The first-order chi connectivity index (χ1) is 14.9. The number of nitrogens with one attached hydrogen (secondary N) is 3. The van der Waals surface area contributed by atoms with Crippen LogP contribution in [0.1, 0.15) is 23.2 Å². The quantitative estimate of drug-likeness (QED) is 0.320. The van der Waals surface area contributed by atoms with Crippen molar-refractivity contribution in [2.24, 2.45) is 5.73 Å². The number of carboxylic acids is 1. The van der Waals surface area contributed by atoms with Crippen molar-refractivity contribution in [3.8, 4) is 0 Å². The van der Waals surface area contributed by atoms with Gasteiger partial charge in [-0.05, 0) is 48.2 Å². The first-order valence-electron chi connectivity index (χ1n) is 9.76. The van der Waals surface area contributed by atoms with Crippen LogP contribution in [0.3, 0.4) is 0 Å². The molecule has 1 heterocycles. The number of amides is 2. The van der Waals surface area contributed by atoms with E-state index < -0.39 is 23.8 Å². The highest BCUT2D eigenvalue weighted by atomic mass is 35.5. The van der Waals surface area contributed by atoms with Crippen LogP contribution < -0.4 is 21.7 Å². The van der Waals surface area contributed by atoms with Crippen molar-refractivity contribution >= 4 is 29.4 Å². The number of rotatable bonds is 12. The molecule has 1 atom stereocenters. The molecule has 0 fully saturated rings. The van der Waals surface area contributed by atoms with E-state index in [0.29, 0.717) is 24.4 Å². The molecular weight excluding hydrogens is 422 g/mol. The predicted octanol–water partition coefficient (Wildman–Crippen LogP) is 0.602. The van der Waals surface area contributed by atoms with Gasteiger partial charge in [-0.3, -0.25) is 24.7 Å². The predicted molar refractivity (Wildman–Crippen MR) is 116 cm³/mol. The Morgan fingerprint density at radius 2 is 1.90 bits per heavy atom. The highest BCUT2D eigenvalue weighted by Crippen LogP contribution is 2.15. The molecule has 166 valence electrons. The molecule has 1 aromatic heterocycles. The standard InChI is InChI=1S/C21H26ClN5O4/c22-16-5-4-14(10-23)15(9-16)11-26-19(28)12-27-21(31)18(25-13-20(29)30)7-6-17-3-1-2-8-24-17/h1-5,8-9,18,25H,6-7,10-13,23H2,(H,26,28)(H,27,31)(H,29,30). The van der Waals surface area contributed by atoms with Crippen molar-refractivity contribution in [3.05, 3.63) is 64.4 Å². The number of pyridine rings is 1. The van der Waals surface area contributed by atoms with Gasteiger partial charge in [0, 0.05) is 30.0 Å². The van der Waals surface area contributed by atoms with Crippen molar-refractivity contribution in [1.29, 1.82) is 0 Å². The van der Waals surface area contributed by atoms with Crippen LogP contribution in [0.25, 0.3) is 0 Å². The van der Waals surface area contributed by atoms with Gasteiger partial charge in [0.1, 0.15) is 0 Å². The van der Waals surface area contributed by atoms with Crippen molar-refractivity contribution in [2.75, 3.05) is 13.1 Å². The zero-order chi connectivity index (χ0) is 22.6. The largest absolute Gasteiger partial charge is 0.480 e. The maximum Gasteiger partial charge on any atom is 0.317 e. The van der Waals surface area contributed by atoms with Gasteiger partial charge >= 0.3 is 5.97 Å². The van der Waals surface area contributed by atoms with Gasteiger partial charge in [-0.1, -0.05) is 23.7 Å². The molecule has 1 aromatic carbocycles. The molecule has 0 aliphatic heterocycles. The summed E-state index contributed by atoms with van der Waals surface area (Å²) >= 11 is 5.99. The third-order valence-electron chi connectivity index (χ3n) is 4.52. The van der Waals surface area contributed by atoms with E-state index in [1.807, 2.05) is 12.1 Å². The van der Waals surface area contributed by atoms with Gasteiger partial charge in [-0.25, -0.2) is 0 Å². The second kappa shape index (κ2) is 12.6. The van der Waals surface area contributed by atoms with Gasteiger partial charge in [0.2, 0.25) is 11.8 Å². The Morgan fingerprint density at radius 1 is 1.10 bits per heavy atom. The number of carbonyl (C=O) groups is 3. The summed E-state index contributed by atoms with van der Waals surface area (Å²) in [7, 11) is 0. The number of hydrogen-bond donors (Lipinski definition) is 5. The van der Waals surface area contributed by atoms with E-state index in [9.17, 15) is 14.4 Å². The Labute approximate surface area is 185 Å². The van der Waals surface area contributed by atoms with Gasteiger partial charge in [-0.15, -0.1) is 0 Å². The summed E-state index contributed by atoms with van der Waals surface area (Å²) in [4.78, 5) is 39.7. The smallest absolute Gasteiger partial charge is 0.317 e. The molecule has 2 rings (SSSR count). The van der Waals surface area contributed by atoms with E-state index >= 15 is 0 Å². The Bertz CT molecular complexity index is 895. The highest BCUT2D eigenvalue weighted by molar-refractivity contribution is 6.30. The highest BCUT2D eigenvalue weighted by Gasteiger charge is 2.20. The minimum absolute atomic E-state index is 0.224. The molecule has 0 aliphatic rings. The lowest BCUT2D eigenvalue weighted by molar-refractivity contribution is -0.136. The zero-order valence-electron chi connectivity index (χ0n) is 16.9. The van der Waals surface area contributed by atoms with Gasteiger partial charge < -0.3 is 21.5 Å². The molecule has 1 unspecified atom stereocenters. The van der Waals surface area contributed by atoms with E-state index in [4.69, 9.17) is 22.4 Å². The van der Waals surface area contributed by atoms with Crippen molar-refractivity contribution in [1.82, 2.24) is 20.9 Å². The van der Waals surface area contributed by atoms with Crippen LogP contribution in [0.4, 0.5) is 0 Å². The number of aryl methyl sites for hydroxylation is 1. The topological polar surface area (TPSA) is 146 Å². The van der Waals surface area contributed by atoms with Gasteiger partial charge in [0.05, 0.1) is 19.1 Å². The van der Waals surface area contributed by atoms with Crippen molar-refractivity contribution < 1.29 is 19.5 Å². The molecule has 2 aromatic rings. The van der Waals surface area contributed by atoms with Crippen LogP contribution in [0, 0.1) is 0 Å². The van der Waals surface area contributed by atoms with E-state index in [1.165, 1.54) is 0 Å². The maximum absolute atomic E-state index is 12.5. The van der Waals surface area contributed by atoms with E-state index in [0.717, 1.165) is 16.8 Å². The molecule has 0 bridgehead atoms. The molecule has 31 heavy (non-hydrogen) atoms. The summed E-state index contributed by atoms with van der Waals surface area (Å²) in [6.45, 7) is -0.0796. The summed E-state index contributed by atoms with van der Waals surface area (Å²) in [6.07, 6.45) is 2.46. The Balaban J connectivity index is 1.86. The molecule has 0 saturated heterocycles. The molecule has 0 aliphatic carbocycles. The van der Waals surface area contributed by atoms with E-state index in [-0.39, 0.29) is 19.6 Å². The molecule has 10 heteroatoms. The Hall–Kier alpha value is -3.01. The second-order valence-corrected chi connectivity index (χ2v) is 7.24. The summed E-state index contributed by atoms with van der Waals surface area (Å²) in [5.41, 5.74) is 8.14. The first kappa shape index (κ1) is 24.3. The SMILES string of the molecule is NCc1ccc(Cl)cc1CNC(=O)CNC(=O)C(CCc1ccccn1)NCC(=O)O. The zero-order valence-corrected chi connectivity index (χ0v) is 17.7. The summed E-state index contributed by atoms with van der Waals surface area (Å²) in [6, 6.07) is 9.92. The second-order valence-electron chi connectivity index (χ2n) is 6.80. The molecular formula is C21H26ClN5O4. The van der Waals surface area contributed by atoms with Crippen LogP contribution in [0.2, 0.25) is 5.02 Å². The monoisotopic (exact) mass is 447 g/mol. The summed E-state index contributed by atoms with van der Waals surface area (Å²) in [5, 5.41) is 17.4. The van der Waals surface area contributed by atoms with E-state index in [1.54, 1.807) is 30.5 Å². The fourth-order valence-corrected chi connectivity index (χ4v) is 3.07. The average molecular weight is 448 g/mol. The van der Waals surface area contributed by atoms with Crippen LogP contribution >= 0.6 is 11.6 Å². The molecule has 6 N–H and O–H groups in total.